The molecule has 1 fully saturated rings. The molecule has 0 saturated carbocycles. The van der Waals surface area contributed by atoms with Gasteiger partial charge in [-0.05, 0) is 36.1 Å². The predicted octanol–water partition coefficient (Wildman–Crippen LogP) is 4.28. The fourth-order valence-corrected chi connectivity index (χ4v) is 4.35. The number of piperidine rings is 1. The summed E-state index contributed by atoms with van der Waals surface area (Å²) in [4.78, 5) is 18.6. The van der Waals surface area contributed by atoms with E-state index in [1.54, 1.807) is 0 Å². The molecular weight excluding hydrogens is 374 g/mol. The standard InChI is InChI=1S/C22H24ClN3O2/c1-15-9-17(22(27)28)13-25(11-15)14-21-24-19-10-18(23)7-8-20(19)26(21)12-16-5-3-2-4-6-16/h2-8,10,15,17H,9,11-14H2,1H3,(H,27,28). The molecule has 28 heavy (non-hydrogen) atoms. The van der Waals surface area contributed by atoms with Gasteiger partial charge in [0.05, 0.1) is 23.5 Å². The zero-order valence-corrected chi connectivity index (χ0v) is 16.6. The lowest BCUT2D eigenvalue weighted by atomic mass is 9.90. The van der Waals surface area contributed by atoms with Crippen LogP contribution in [0.5, 0.6) is 0 Å². The normalized spacial score (nSPS) is 20.5. The molecule has 1 N–H and O–H groups in total. The van der Waals surface area contributed by atoms with E-state index in [2.05, 4.69) is 28.5 Å². The smallest absolute Gasteiger partial charge is 0.307 e. The van der Waals surface area contributed by atoms with Gasteiger partial charge in [0.2, 0.25) is 0 Å². The first-order valence-electron chi connectivity index (χ1n) is 9.63. The van der Waals surface area contributed by atoms with E-state index in [9.17, 15) is 9.90 Å². The van der Waals surface area contributed by atoms with Gasteiger partial charge in [0.15, 0.2) is 0 Å². The number of benzene rings is 2. The van der Waals surface area contributed by atoms with E-state index in [4.69, 9.17) is 16.6 Å². The minimum Gasteiger partial charge on any atom is -0.481 e. The maximum atomic E-state index is 11.5. The molecule has 0 aliphatic carbocycles. The molecule has 1 aromatic heterocycles. The summed E-state index contributed by atoms with van der Waals surface area (Å²) in [6.45, 7) is 4.93. The topological polar surface area (TPSA) is 58.4 Å². The number of aliphatic carboxylic acids is 1. The molecule has 146 valence electrons. The Hall–Kier alpha value is -2.37. The summed E-state index contributed by atoms with van der Waals surface area (Å²) >= 11 is 6.18. The highest BCUT2D eigenvalue weighted by molar-refractivity contribution is 6.31. The third-order valence-corrected chi connectivity index (χ3v) is 5.66. The zero-order chi connectivity index (χ0) is 19.7. The van der Waals surface area contributed by atoms with Crippen molar-refractivity contribution in [2.24, 2.45) is 11.8 Å². The fraction of sp³-hybridized carbons (Fsp3) is 0.364. The Balaban J connectivity index is 1.67. The molecule has 2 heterocycles. The molecule has 0 amide bonds. The Morgan fingerprint density at radius 3 is 2.71 bits per heavy atom. The maximum Gasteiger partial charge on any atom is 0.307 e. The third-order valence-electron chi connectivity index (χ3n) is 5.42. The minimum absolute atomic E-state index is 0.315. The van der Waals surface area contributed by atoms with Crippen molar-refractivity contribution in [3.63, 3.8) is 0 Å². The summed E-state index contributed by atoms with van der Waals surface area (Å²) in [7, 11) is 0. The lowest BCUT2D eigenvalue weighted by Crippen LogP contribution is -2.42. The molecule has 0 bridgehead atoms. The first-order chi connectivity index (χ1) is 13.5. The number of halogens is 1. The van der Waals surface area contributed by atoms with Crippen molar-refractivity contribution in [3.8, 4) is 0 Å². The Labute approximate surface area is 169 Å². The quantitative estimate of drug-likeness (QED) is 0.698. The molecule has 1 aliphatic heterocycles. The van der Waals surface area contributed by atoms with Gasteiger partial charge in [-0.3, -0.25) is 9.69 Å². The molecule has 4 rings (SSSR count). The third kappa shape index (κ3) is 4.05. The van der Waals surface area contributed by atoms with Crippen LogP contribution in [0.25, 0.3) is 11.0 Å². The van der Waals surface area contributed by atoms with Crippen molar-refractivity contribution >= 4 is 28.6 Å². The molecule has 0 spiro atoms. The number of nitrogens with zero attached hydrogens (tertiary/aromatic N) is 3. The second-order valence-electron chi connectivity index (χ2n) is 7.80. The van der Waals surface area contributed by atoms with E-state index in [1.165, 1.54) is 5.56 Å². The van der Waals surface area contributed by atoms with E-state index in [0.717, 1.165) is 36.4 Å². The Morgan fingerprint density at radius 2 is 1.96 bits per heavy atom. The Kier molecular flexibility index (Phi) is 5.38. The lowest BCUT2D eigenvalue weighted by Gasteiger charge is -2.34. The number of carboxylic acids is 1. The summed E-state index contributed by atoms with van der Waals surface area (Å²) in [5.41, 5.74) is 3.12. The summed E-state index contributed by atoms with van der Waals surface area (Å²) in [5, 5.41) is 10.1. The van der Waals surface area contributed by atoms with Gasteiger partial charge in [-0.25, -0.2) is 4.98 Å². The molecule has 2 aromatic carbocycles. The number of aromatic nitrogens is 2. The van der Waals surface area contributed by atoms with E-state index >= 15 is 0 Å². The number of hydrogen-bond donors (Lipinski definition) is 1. The van der Waals surface area contributed by atoms with Gasteiger partial charge in [-0.1, -0.05) is 48.9 Å². The highest BCUT2D eigenvalue weighted by Gasteiger charge is 2.30. The lowest BCUT2D eigenvalue weighted by molar-refractivity contribution is -0.144. The average Bonchev–Trinajstić information content (AvgIpc) is 2.98. The second-order valence-corrected chi connectivity index (χ2v) is 8.24. The number of carbonyl (C=O) groups is 1. The van der Waals surface area contributed by atoms with Gasteiger partial charge in [0, 0.05) is 24.7 Å². The monoisotopic (exact) mass is 397 g/mol. The summed E-state index contributed by atoms with van der Waals surface area (Å²) in [6.07, 6.45) is 0.738. The van der Waals surface area contributed by atoms with Crippen molar-refractivity contribution in [2.75, 3.05) is 13.1 Å². The van der Waals surface area contributed by atoms with Crippen molar-refractivity contribution in [2.45, 2.75) is 26.4 Å². The van der Waals surface area contributed by atoms with Crippen LogP contribution in [0.4, 0.5) is 0 Å². The van der Waals surface area contributed by atoms with Crippen LogP contribution >= 0.6 is 11.6 Å². The molecular formula is C22H24ClN3O2. The number of rotatable bonds is 5. The molecule has 3 aromatic rings. The summed E-state index contributed by atoms with van der Waals surface area (Å²) in [5.74, 6) is 0.280. The highest BCUT2D eigenvalue weighted by atomic mass is 35.5. The number of likely N-dealkylation sites (tertiary alicyclic amines) is 1. The molecule has 6 heteroatoms. The molecule has 0 radical (unpaired) electrons. The molecule has 2 atom stereocenters. The first-order valence-corrected chi connectivity index (χ1v) is 10.0. The largest absolute Gasteiger partial charge is 0.481 e. The van der Waals surface area contributed by atoms with Gasteiger partial charge in [-0.15, -0.1) is 0 Å². The minimum atomic E-state index is -0.707. The van der Waals surface area contributed by atoms with Crippen LogP contribution in [0.3, 0.4) is 0 Å². The molecule has 1 saturated heterocycles. The van der Waals surface area contributed by atoms with Crippen LogP contribution in [-0.2, 0) is 17.9 Å². The summed E-state index contributed by atoms with van der Waals surface area (Å²) in [6, 6.07) is 16.1. The van der Waals surface area contributed by atoms with Gasteiger partial charge < -0.3 is 9.67 Å². The van der Waals surface area contributed by atoms with Gasteiger partial charge in [0.25, 0.3) is 0 Å². The van der Waals surface area contributed by atoms with Gasteiger partial charge in [0.1, 0.15) is 5.82 Å². The fourth-order valence-electron chi connectivity index (χ4n) is 4.19. The van der Waals surface area contributed by atoms with Crippen molar-refractivity contribution in [1.29, 1.82) is 0 Å². The summed E-state index contributed by atoms with van der Waals surface area (Å²) < 4.78 is 2.22. The van der Waals surface area contributed by atoms with Crippen LogP contribution in [0.1, 0.15) is 24.7 Å². The highest BCUT2D eigenvalue weighted by Crippen LogP contribution is 2.26. The van der Waals surface area contributed by atoms with Crippen LogP contribution in [0.15, 0.2) is 48.5 Å². The number of hydrogen-bond acceptors (Lipinski definition) is 3. The van der Waals surface area contributed by atoms with Gasteiger partial charge in [-0.2, -0.15) is 0 Å². The second kappa shape index (κ2) is 7.94. The molecule has 2 unspecified atom stereocenters. The first kappa shape index (κ1) is 19.0. The SMILES string of the molecule is CC1CC(C(=O)O)CN(Cc2nc3cc(Cl)ccc3n2Cc2ccccc2)C1. The van der Waals surface area contributed by atoms with Crippen LogP contribution in [0, 0.1) is 11.8 Å². The number of imidazole rings is 1. The van der Waals surface area contributed by atoms with Crippen LogP contribution < -0.4 is 0 Å². The maximum absolute atomic E-state index is 11.5. The van der Waals surface area contributed by atoms with Crippen molar-refractivity contribution < 1.29 is 9.90 Å². The van der Waals surface area contributed by atoms with E-state index < -0.39 is 5.97 Å². The van der Waals surface area contributed by atoms with Crippen molar-refractivity contribution in [3.05, 3.63) is 64.9 Å². The molecule has 1 aliphatic rings. The van der Waals surface area contributed by atoms with E-state index in [1.807, 2.05) is 36.4 Å². The Morgan fingerprint density at radius 1 is 1.18 bits per heavy atom. The van der Waals surface area contributed by atoms with Gasteiger partial charge >= 0.3 is 5.97 Å². The Bertz CT molecular complexity index is 986. The number of fused-ring (bicyclic) bond motifs is 1. The van der Waals surface area contributed by atoms with Crippen LogP contribution in [0.2, 0.25) is 5.02 Å². The average molecular weight is 398 g/mol. The van der Waals surface area contributed by atoms with E-state index in [-0.39, 0.29) is 5.92 Å². The van der Waals surface area contributed by atoms with Crippen LogP contribution in [-0.4, -0.2) is 38.6 Å². The van der Waals surface area contributed by atoms with Crippen molar-refractivity contribution in [1.82, 2.24) is 14.5 Å². The predicted molar refractivity (Wildman–Crippen MR) is 110 cm³/mol. The molecule has 5 nitrogen and oxygen atoms in total. The number of carboxylic acid groups (broad SMARTS) is 1. The zero-order valence-electron chi connectivity index (χ0n) is 15.9. The van der Waals surface area contributed by atoms with E-state index in [0.29, 0.717) is 24.0 Å².